The lowest BCUT2D eigenvalue weighted by molar-refractivity contribution is -0.858. The van der Waals surface area contributed by atoms with Crippen molar-refractivity contribution in [3.8, 4) is 0 Å². The van der Waals surface area contributed by atoms with E-state index in [1.807, 2.05) is 0 Å². The number of hydrogen-bond donors (Lipinski definition) is 1. The van der Waals surface area contributed by atoms with Crippen molar-refractivity contribution in [3.63, 3.8) is 0 Å². The maximum Gasteiger partial charge on any atom is 0.0984 e. The van der Waals surface area contributed by atoms with Gasteiger partial charge in [-0.15, -0.1) is 11.3 Å². The Bertz CT molecular complexity index is 310. The van der Waals surface area contributed by atoms with Crippen molar-refractivity contribution in [2.45, 2.75) is 12.8 Å². The molecule has 78 valence electrons. The first kappa shape index (κ1) is 11.1. The molecule has 1 rings (SSSR count). The van der Waals surface area contributed by atoms with Gasteiger partial charge in [0, 0.05) is 24.2 Å². The Morgan fingerprint density at radius 1 is 1.64 bits per heavy atom. The number of carboxylic acid groups (broad SMARTS) is 1. The molecule has 0 bridgehead atoms. The first-order chi connectivity index (χ1) is 6.58. The Kier molecular flexibility index (Phi) is 4.03. The number of carbonyl (C=O) groups is 1. The predicted molar refractivity (Wildman–Crippen MR) is 52.2 cm³/mol. The van der Waals surface area contributed by atoms with Gasteiger partial charge in [-0.1, -0.05) is 0 Å². The van der Waals surface area contributed by atoms with Crippen LogP contribution in [0.4, 0.5) is 0 Å². The summed E-state index contributed by atoms with van der Waals surface area (Å²) in [6.07, 6.45) is 0.825. The van der Waals surface area contributed by atoms with Crippen LogP contribution >= 0.6 is 11.3 Å². The highest BCUT2D eigenvalue weighted by Gasteiger charge is 2.03. The minimum absolute atomic E-state index is 0.0781. The first-order valence-electron chi connectivity index (χ1n) is 4.50. The van der Waals surface area contributed by atoms with Crippen molar-refractivity contribution >= 4 is 17.3 Å². The van der Waals surface area contributed by atoms with Crippen LogP contribution in [-0.4, -0.2) is 31.6 Å². The number of aliphatic carboxylic acids is 1. The summed E-state index contributed by atoms with van der Waals surface area (Å²) in [6, 6.07) is 0. The van der Waals surface area contributed by atoms with Crippen molar-refractivity contribution in [3.05, 3.63) is 16.1 Å². The molecule has 0 unspecified atom stereocenters. The van der Waals surface area contributed by atoms with Crippen LogP contribution in [0.2, 0.25) is 0 Å². The molecule has 0 saturated heterocycles. The van der Waals surface area contributed by atoms with Crippen molar-refractivity contribution in [1.29, 1.82) is 0 Å². The monoisotopic (exact) mass is 214 g/mol. The van der Waals surface area contributed by atoms with Crippen LogP contribution in [0, 0.1) is 0 Å². The van der Waals surface area contributed by atoms with Gasteiger partial charge >= 0.3 is 0 Å². The molecule has 0 aliphatic carbocycles. The van der Waals surface area contributed by atoms with Crippen molar-refractivity contribution in [2.75, 3.05) is 20.6 Å². The van der Waals surface area contributed by atoms with Crippen LogP contribution < -0.4 is 10.0 Å². The zero-order chi connectivity index (χ0) is 10.6. The maximum atomic E-state index is 10.3. The maximum absolute atomic E-state index is 10.3. The second-order valence-electron chi connectivity index (χ2n) is 3.49. The standard InChI is InChI=1S/C9H14N2O2S/c1-11(2)4-3-8-10-7(6-14-8)5-9(12)13/h6H,3-5H2,1-2H3,(H,12,13). The molecule has 14 heavy (non-hydrogen) atoms. The van der Waals surface area contributed by atoms with Gasteiger partial charge in [-0.05, 0) is 0 Å². The van der Waals surface area contributed by atoms with Crippen LogP contribution in [0.25, 0.3) is 0 Å². The molecule has 1 aromatic heterocycles. The minimum Gasteiger partial charge on any atom is -0.550 e. The minimum atomic E-state index is -1.07. The molecule has 0 aromatic carbocycles. The summed E-state index contributed by atoms with van der Waals surface area (Å²) >= 11 is 1.52. The van der Waals surface area contributed by atoms with Gasteiger partial charge in [0.05, 0.1) is 31.3 Å². The first-order valence-corrected chi connectivity index (χ1v) is 5.38. The smallest absolute Gasteiger partial charge is 0.0984 e. The lowest BCUT2D eigenvalue weighted by atomic mass is 10.3. The highest BCUT2D eigenvalue weighted by molar-refractivity contribution is 7.09. The molecule has 1 N–H and O–H groups in total. The molecule has 1 aromatic rings. The van der Waals surface area contributed by atoms with E-state index in [0.29, 0.717) is 5.69 Å². The van der Waals surface area contributed by atoms with E-state index < -0.39 is 5.97 Å². The number of carboxylic acids is 1. The Balaban J connectivity index is 2.46. The Morgan fingerprint density at radius 2 is 2.36 bits per heavy atom. The number of rotatable bonds is 5. The topological polar surface area (TPSA) is 57.5 Å². The summed E-state index contributed by atoms with van der Waals surface area (Å²) in [5.74, 6) is -1.07. The summed E-state index contributed by atoms with van der Waals surface area (Å²) in [4.78, 5) is 15.9. The molecule has 0 amide bonds. The van der Waals surface area contributed by atoms with Gasteiger partial charge in [-0.3, -0.25) is 0 Å². The molecule has 1 heterocycles. The third-order valence-electron chi connectivity index (χ3n) is 1.76. The quantitative estimate of drug-likeness (QED) is 0.624. The van der Waals surface area contributed by atoms with Gasteiger partial charge in [0.25, 0.3) is 0 Å². The highest BCUT2D eigenvalue weighted by Crippen LogP contribution is 2.09. The summed E-state index contributed by atoms with van der Waals surface area (Å²) in [5.41, 5.74) is 0.610. The van der Waals surface area contributed by atoms with Gasteiger partial charge in [-0.2, -0.15) is 0 Å². The second-order valence-corrected chi connectivity index (χ2v) is 4.43. The lowest BCUT2D eigenvalue weighted by Crippen LogP contribution is -3.05. The SMILES string of the molecule is C[NH+](C)CCc1nc(CC(=O)[O-])cs1. The fourth-order valence-corrected chi connectivity index (χ4v) is 1.85. The number of quaternary nitrogens is 1. The summed E-state index contributed by atoms with van der Waals surface area (Å²) in [5, 5.41) is 13.1. The molecular weight excluding hydrogens is 200 g/mol. The van der Waals surface area contributed by atoms with Crippen molar-refractivity contribution in [2.24, 2.45) is 0 Å². The third kappa shape index (κ3) is 3.85. The van der Waals surface area contributed by atoms with Crippen LogP contribution in [0.5, 0.6) is 0 Å². The number of carbonyl (C=O) groups excluding carboxylic acids is 1. The third-order valence-corrected chi connectivity index (χ3v) is 2.72. The average Bonchev–Trinajstić information content (AvgIpc) is 2.47. The zero-order valence-corrected chi connectivity index (χ0v) is 9.19. The van der Waals surface area contributed by atoms with E-state index in [1.165, 1.54) is 16.2 Å². The molecule has 0 aliphatic heterocycles. The predicted octanol–water partition coefficient (Wildman–Crippen LogP) is -1.88. The van der Waals surface area contributed by atoms with E-state index in [1.54, 1.807) is 5.38 Å². The van der Waals surface area contributed by atoms with Gasteiger partial charge < -0.3 is 14.8 Å². The van der Waals surface area contributed by atoms with E-state index >= 15 is 0 Å². The molecule has 0 saturated carbocycles. The van der Waals surface area contributed by atoms with Crippen LogP contribution in [-0.2, 0) is 17.6 Å². The Morgan fingerprint density at radius 3 is 2.93 bits per heavy atom. The summed E-state index contributed by atoms with van der Waals surface area (Å²) in [7, 11) is 4.16. The van der Waals surface area contributed by atoms with Gasteiger partial charge in [-0.25, -0.2) is 4.98 Å². The molecule has 0 spiro atoms. The number of hydrogen-bond acceptors (Lipinski definition) is 4. The van der Waals surface area contributed by atoms with Crippen LogP contribution in [0.1, 0.15) is 10.7 Å². The molecule has 0 fully saturated rings. The Hall–Kier alpha value is -0.940. The fourth-order valence-electron chi connectivity index (χ4n) is 1.05. The largest absolute Gasteiger partial charge is 0.550 e. The van der Waals surface area contributed by atoms with E-state index in [0.717, 1.165) is 18.0 Å². The number of thiazole rings is 1. The second kappa shape index (κ2) is 5.07. The number of nitrogens with zero attached hydrogens (tertiary/aromatic N) is 1. The van der Waals surface area contributed by atoms with Crippen LogP contribution in [0.3, 0.4) is 0 Å². The van der Waals surface area contributed by atoms with Gasteiger partial charge in [0.2, 0.25) is 0 Å². The van der Waals surface area contributed by atoms with E-state index in [4.69, 9.17) is 0 Å². The number of nitrogens with one attached hydrogen (secondary N) is 1. The Labute approximate surface area is 87.2 Å². The molecule has 0 radical (unpaired) electrons. The lowest BCUT2D eigenvalue weighted by Gasteiger charge is -2.04. The van der Waals surface area contributed by atoms with Gasteiger partial charge in [0.1, 0.15) is 0 Å². The molecule has 4 nitrogen and oxygen atoms in total. The molecular formula is C9H14N2O2S. The van der Waals surface area contributed by atoms with E-state index in [2.05, 4.69) is 19.1 Å². The highest BCUT2D eigenvalue weighted by atomic mass is 32.1. The molecule has 0 aliphatic rings. The van der Waals surface area contributed by atoms with Crippen molar-refractivity contribution < 1.29 is 14.8 Å². The summed E-state index contributed by atoms with van der Waals surface area (Å²) < 4.78 is 0. The van der Waals surface area contributed by atoms with E-state index in [9.17, 15) is 9.90 Å². The van der Waals surface area contributed by atoms with Crippen LogP contribution in [0.15, 0.2) is 5.38 Å². The summed E-state index contributed by atoms with van der Waals surface area (Å²) in [6.45, 7) is 1.01. The molecule has 5 heteroatoms. The zero-order valence-electron chi connectivity index (χ0n) is 8.37. The molecule has 0 atom stereocenters. The number of aromatic nitrogens is 1. The normalized spacial score (nSPS) is 10.8. The number of likely N-dealkylation sites (N-methyl/N-ethyl adjacent to an activating group) is 1. The van der Waals surface area contributed by atoms with Gasteiger partial charge in [0.15, 0.2) is 0 Å². The van der Waals surface area contributed by atoms with Crippen molar-refractivity contribution in [1.82, 2.24) is 4.98 Å². The van der Waals surface area contributed by atoms with E-state index in [-0.39, 0.29) is 6.42 Å². The fraction of sp³-hybridized carbons (Fsp3) is 0.556. The average molecular weight is 214 g/mol.